The molecule has 0 atom stereocenters. The molecule has 0 radical (unpaired) electrons. The maximum Gasteiger partial charge on any atom is 0.254 e. The third-order valence-corrected chi connectivity index (χ3v) is 4.32. The molecule has 0 saturated carbocycles. The number of rotatable bonds is 4. The Morgan fingerprint density at radius 3 is 2.55 bits per heavy atom. The molecule has 1 aliphatic heterocycles. The summed E-state index contributed by atoms with van der Waals surface area (Å²) in [5.41, 5.74) is 3.00. The van der Waals surface area contributed by atoms with Crippen molar-refractivity contribution in [2.45, 2.75) is 40.0 Å². The molecule has 0 aliphatic carbocycles. The van der Waals surface area contributed by atoms with E-state index in [1.807, 2.05) is 24.0 Å². The number of nitrogens with one attached hydrogen (secondary N) is 1. The van der Waals surface area contributed by atoms with Crippen molar-refractivity contribution in [3.05, 3.63) is 29.3 Å². The minimum Gasteiger partial charge on any atom is -0.385 e. The van der Waals surface area contributed by atoms with Crippen LogP contribution in [-0.2, 0) is 0 Å². The third kappa shape index (κ3) is 3.33. The van der Waals surface area contributed by atoms with Gasteiger partial charge < -0.3 is 10.2 Å². The predicted molar refractivity (Wildman–Crippen MR) is 84.3 cm³/mol. The highest BCUT2D eigenvalue weighted by Crippen LogP contribution is 2.23. The molecular formula is C17H26N2O. The first-order valence-electron chi connectivity index (χ1n) is 7.79. The number of piperidine rings is 1. The van der Waals surface area contributed by atoms with Gasteiger partial charge in [0.15, 0.2) is 0 Å². The first-order chi connectivity index (χ1) is 9.65. The van der Waals surface area contributed by atoms with Gasteiger partial charge in [0, 0.05) is 30.9 Å². The van der Waals surface area contributed by atoms with Crippen molar-refractivity contribution >= 4 is 11.6 Å². The summed E-state index contributed by atoms with van der Waals surface area (Å²) in [6.45, 7) is 9.06. The molecule has 2 rings (SSSR count). The summed E-state index contributed by atoms with van der Waals surface area (Å²) in [5, 5.41) is 3.28. The monoisotopic (exact) mass is 274 g/mol. The maximum atomic E-state index is 12.6. The van der Waals surface area contributed by atoms with Crippen LogP contribution < -0.4 is 5.32 Å². The Hall–Kier alpha value is -1.51. The van der Waals surface area contributed by atoms with Crippen LogP contribution in [0.2, 0.25) is 0 Å². The number of hydrogen-bond acceptors (Lipinski definition) is 2. The quantitative estimate of drug-likeness (QED) is 0.908. The van der Waals surface area contributed by atoms with Crippen LogP contribution in [0.25, 0.3) is 0 Å². The molecule has 0 unspecified atom stereocenters. The molecule has 3 nitrogen and oxygen atoms in total. The Bertz CT molecular complexity index is 462. The summed E-state index contributed by atoms with van der Waals surface area (Å²) < 4.78 is 0. The molecular weight excluding hydrogens is 248 g/mol. The number of carbonyl (C=O) groups is 1. The van der Waals surface area contributed by atoms with E-state index >= 15 is 0 Å². The van der Waals surface area contributed by atoms with Crippen LogP contribution in [0.1, 0.15) is 49.0 Å². The lowest BCUT2D eigenvalue weighted by Crippen LogP contribution is -2.38. The summed E-state index contributed by atoms with van der Waals surface area (Å²) >= 11 is 0. The molecule has 1 heterocycles. The molecule has 110 valence electrons. The Labute approximate surface area is 122 Å². The van der Waals surface area contributed by atoms with Gasteiger partial charge in [0.2, 0.25) is 0 Å². The molecule has 1 aromatic rings. The largest absolute Gasteiger partial charge is 0.385 e. The normalized spacial score (nSPS) is 16.2. The van der Waals surface area contributed by atoms with Gasteiger partial charge in [0.25, 0.3) is 5.91 Å². The van der Waals surface area contributed by atoms with Crippen molar-refractivity contribution in [1.82, 2.24) is 4.90 Å². The Kier molecular flexibility index (Phi) is 5.05. The average Bonchev–Trinajstić information content (AvgIpc) is 2.47. The number of hydrogen-bond donors (Lipinski definition) is 1. The van der Waals surface area contributed by atoms with Crippen molar-refractivity contribution in [3.63, 3.8) is 0 Å². The van der Waals surface area contributed by atoms with E-state index in [1.165, 1.54) is 6.42 Å². The molecule has 3 heteroatoms. The Morgan fingerprint density at radius 1 is 1.30 bits per heavy atom. The fourth-order valence-corrected chi connectivity index (χ4v) is 2.93. The lowest BCUT2D eigenvalue weighted by atomic mass is 9.94. The lowest BCUT2D eigenvalue weighted by Gasteiger charge is -2.32. The molecule has 1 aromatic carbocycles. The number of benzene rings is 1. The van der Waals surface area contributed by atoms with E-state index in [2.05, 4.69) is 25.2 Å². The molecule has 0 spiro atoms. The summed E-state index contributed by atoms with van der Waals surface area (Å²) in [6.07, 6.45) is 3.53. The fourth-order valence-electron chi connectivity index (χ4n) is 2.93. The molecule has 1 amide bonds. The topological polar surface area (TPSA) is 32.3 Å². The third-order valence-electron chi connectivity index (χ3n) is 4.32. The lowest BCUT2D eigenvalue weighted by molar-refractivity contribution is 0.0688. The van der Waals surface area contributed by atoms with E-state index in [4.69, 9.17) is 0 Å². The van der Waals surface area contributed by atoms with E-state index in [0.717, 1.165) is 55.2 Å². The van der Waals surface area contributed by atoms with E-state index in [0.29, 0.717) is 0 Å². The summed E-state index contributed by atoms with van der Waals surface area (Å²) in [4.78, 5) is 14.6. The van der Waals surface area contributed by atoms with Gasteiger partial charge in [-0.25, -0.2) is 0 Å². The second-order valence-electron chi connectivity index (χ2n) is 5.70. The molecule has 1 saturated heterocycles. The second kappa shape index (κ2) is 6.78. The van der Waals surface area contributed by atoms with Crippen LogP contribution in [0.3, 0.4) is 0 Å². The zero-order valence-electron chi connectivity index (χ0n) is 12.9. The van der Waals surface area contributed by atoms with E-state index in [1.54, 1.807) is 0 Å². The second-order valence-corrected chi connectivity index (χ2v) is 5.70. The Balaban J connectivity index is 2.06. The van der Waals surface area contributed by atoms with Crippen LogP contribution in [0.15, 0.2) is 18.2 Å². The van der Waals surface area contributed by atoms with Gasteiger partial charge in [0.1, 0.15) is 0 Å². The zero-order chi connectivity index (χ0) is 14.5. The smallest absolute Gasteiger partial charge is 0.254 e. The first kappa shape index (κ1) is 14.9. The highest BCUT2D eigenvalue weighted by molar-refractivity contribution is 5.96. The van der Waals surface area contributed by atoms with Gasteiger partial charge in [-0.05, 0) is 56.4 Å². The van der Waals surface area contributed by atoms with Crippen LogP contribution in [-0.4, -0.2) is 30.4 Å². The molecule has 1 N–H and O–H groups in total. The highest BCUT2D eigenvalue weighted by atomic mass is 16.2. The highest BCUT2D eigenvalue weighted by Gasteiger charge is 2.23. The number of nitrogens with zero attached hydrogens (tertiary/aromatic N) is 1. The van der Waals surface area contributed by atoms with Crippen molar-refractivity contribution in [2.24, 2.45) is 5.92 Å². The number of anilines is 1. The van der Waals surface area contributed by atoms with Crippen molar-refractivity contribution in [1.29, 1.82) is 0 Å². The molecule has 1 fully saturated rings. The SMILES string of the molecule is CCNc1ccc(C(=O)N2CCC(CC)CC2)c(C)c1. The molecule has 0 aromatic heterocycles. The van der Waals surface area contributed by atoms with Crippen molar-refractivity contribution < 1.29 is 4.79 Å². The summed E-state index contributed by atoms with van der Waals surface area (Å²) in [7, 11) is 0. The number of carbonyl (C=O) groups excluding carboxylic acids is 1. The average molecular weight is 274 g/mol. The fraction of sp³-hybridized carbons (Fsp3) is 0.588. The van der Waals surface area contributed by atoms with Gasteiger partial charge in [-0.3, -0.25) is 4.79 Å². The predicted octanol–water partition coefficient (Wildman–Crippen LogP) is 3.69. The van der Waals surface area contributed by atoms with Gasteiger partial charge in [0.05, 0.1) is 0 Å². The maximum absolute atomic E-state index is 12.6. The first-order valence-corrected chi connectivity index (χ1v) is 7.79. The van der Waals surface area contributed by atoms with Crippen molar-refractivity contribution in [3.8, 4) is 0 Å². The van der Waals surface area contributed by atoms with Crippen molar-refractivity contribution in [2.75, 3.05) is 25.0 Å². The van der Waals surface area contributed by atoms with Crippen LogP contribution in [0, 0.1) is 12.8 Å². The zero-order valence-corrected chi connectivity index (χ0v) is 12.9. The number of likely N-dealkylation sites (tertiary alicyclic amines) is 1. The van der Waals surface area contributed by atoms with Crippen LogP contribution >= 0.6 is 0 Å². The summed E-state index contributed by atoms with van der Waals surface area (Å²) in [6, 6.07) is 6.03. The minimum atomic E-state index is 0.195. The summed E-state index contributed by atoms with van der Waals surface area (Å²) in [5.74, 6) is 0.997. The minimum absolute atomic E-state index is 0.195. The molecule has 0 bridgehead atoms. The van der Waals surface area contributed by atoms with Gasteiger partial charge in [-0.1, -0.05) is 13.3 Å². The van der Waals surface area contributed by atoms with E-state index in [-0.39, 0.29) is 5.91 Å². The molecule has 20 heavy (non-hydrogen) atoms. The number of amides is 1. The standard InChI is InChI=1S/C17H26N2O/c1-4-14-8-10-19(11-9-14)17(20)16-7-6-15(18-5-2)12-13(16)3/h6-7,12,14,18H,4-5,8-11H2,1-3H3. The van der Waals surface area contributed by atoms with Gasteiger partial charge in [-0.2, -0.15) is 0 Å². The van der Waals surface area contributed by atoms with E-state index in [9.17, 15) is 4.79 Å². The number of aryl methyl sites for hydroxylation is 1. The van der Waals surface area contributed by atoms with E-state index < -0.39 is 0 Å². The molecule has 1 aliphatic rings. The van der Waals surface area contributed by atoms with Gasteiger partial charge in [-0.15, -0.1) is 0 Å². The van der Waals surface area contributed by atoms with Crippen LogP contribution in [0.4, 0.5) is 5.69 Å². The Morgan fingerprint density at radius 2 is 2.00 bits per heavy atom. The van der Waals surface area contributed by atoms with Gasteiger partial charge >= 0.3 is 0 Å². The van der Waals surface area contributed by atoms with Crippen LogP contribution in [0.5, 0.6) is 0 Å².